The summed E-state index contributed by atoms with van der Waals surface area (Å²) in [7, 11) is 1.57. The van der Waals surface area contributed by atoms with Crippen molar-refractivity contribution in [2.24, 2.45) is 0 Å². The van der Waals surface area contributed by atoms with E-state index in [2.05, 4.69) is 16.0 Å². The highest BCUT2D eigenvalue weighted by Gasteiger charge is 2.22. The van der Waals surface area contributed by atoms with E-state index in [0.717, 1.165) is 0 Å². The molecule has 0 fully saturated rings. The number of carbonyl (C=O) groups is 2. The summed E-state index contributed by atoms with van der Waals surface area (Å²) in [6.07, 6.45) is 0. The van der Waals surface area contributed by atoms with Gasteiger partial charge in [-0.25, -0.2) is 0 Å². The van der Waals surface area contributed by atoms with Gasteiger partial charge in [0.1, 0.15) is 0 Å². The second kappa shape index (κ2) is 5.84. The van der Waals surface area contributed by atoms with Gasteiger partial charge in [0.25, 0.3) is 0 Å². The first kappa shape index (κ1) is 14.9. The number of amides is 2. The first-order valence-corrected chi connectivity index (χ1v) is 5.47. The highest BCUT2D eigenvalue weighted by atomic mass is 16.2. The lowest BCUT2D eigenvalue weighted by Gasteiger charge is -2.25. The second-order valence-corrected chi connectivity index (χ2v) is 4.96. The van der Waals surface area contributed by atoms with Gasteiger partial charge < -0.3 is 10.6 Å². The smallest absolute Gasteiger partial charge is 0.237 e. The molecular formula is C11H23N3O2. The van der Waals surface area contributed by atoms with E-state index in [1.165, 1.54) is 0 Å². The molecule has 0 aromatic rings. The summed E-state index contributed by atoms with van der Waals surface area (Å²) in [5.41, 5.74) is -0.261. The Morgan fingerprint density at radius 3 is 1.81 bits per heavy atom. The molecule has 5 nitrogen and oxygen atoms in total. The van der Waals surface area contributed by atoms with E-state index in [9.17, 15) is 9.59 Å². The van der Waals surface area contributed by atoms with Gasteiger partial charge in [-0.05, 0) is 34.6 Å². The SMILES string of the molecule is CNC(=O)C(C)NC(C)C(=O)NC(C)(C)C. The molecule has 0 heterocycles. The molecule has 0 rings (SSSR count). The number of hydrogen-bond acceptors (Lipinski definition) is 3. The first-order chi connectivity index (χ1) is 7.17. The topological polar surface area (TPSA) is 70.2 Å². The zero-order chi connectivity index (χ0) is 12.9. The molecule has 0 aliphatic heterocycles. The number of nitrogens with one attached hydrogen (secondary N) is 3. The summed E-state index contributed by atoms with van der Waals surface area (Å²) in [6, 6.07) is -0.780. The van der Waals surface area contributed by atoms with Crippen molar-refractivity contribution in [1.82, 2.24) is 16.0 Å². The molecule has 5 heteroatoms. The monoisotopic (exact) mass is 229 g/mol. The van der Waals surface area contributed by atoms with Crippen molar-refractivity contribution in [3.05, 3.63) is 0 Å². The number of rotatable bonds is 4. The van der Waals surface area contributed by atoms with Gasteiger partial charge in [0, 0.05) is 12.6 Å². The molecule has 0 aromatic heterocycles. The molecule has 94 valence electrons. The molecule has 0 bridgehead atoms. The predicted molar refractivity (Wildman–Crippen MR) is 64.0 cm³/mol. The standard InChI is InChI=1S/C11H23N3O2/c1-7(9(15)12-6)13-8(2)10(16)14-11(3,4)5/h7-8,13H,1-6H3,(H,12,15)(H,14,16). The van der Waals surface area contributed by atoms with Crippen LogP contribution in [0.1, 0.15) is 34.6 Å². The first-order valence-electron chi connectivity index (χ1n) is 5.47. The van der Waals surface area contributed by atoms with Gasteiger partial charge in [0.15, 0.2) is 0 Å². The van der Waals surface area contributed by atoms with Gasteiger partial charge in [0.05, 0.1) is 12.1 Å². The van der Waals surface area contributed by atoms with Crippen LogP contribution in [0.4, 0.5) is 0 Å². The summed E-state index contributed by atoms with van der Waals surface area (Å²) in [6.45, 7) is 9.21. The maximum atomic E-state index is 11.7. The minimum atomic E-state index is -0.397. The second-order valence-electron chi connectivity index (χ2n) is 4.96. The van der Waals surface area contributed by atoms with E-state index in [-0.39, 0.29) is 23.4 Å². The van der Waals surface area contributed by atoms with Crippen LogP contribution in [-0.2, 0) is 9.59 Å². The third kappa shape index (κ3) is 5.70. The average Bonchev–Trinajstić information content (AvgIpc) is 2.13. The fourth-order valence-corrected chi connectivity index (χ4v) is 1.22. The summed E-state index contributed by atoms with van der Waals surface area (Å²) in [5, 5.41) is 8.30. The summed E-state index contributed by atoms with van der Waals surface area (Å²) in [5.74, 6) is -0.237. The Bertz CT molecular complexity index is 258. The normalized spacial score (nSPS) is 15.1. The van der Waals surface area contributed by atoms with Gasteiger partial charge in [-0.2, -0.15) is 0 Å². The van der Waals surface area contributed by atoms with E-state index in [4.69, 9.17) is 0 Å². The van der Waals surface area contributed by atoms with Gasteiger partial charge in [-0.1, -0.05) is 0 Å². The van der Waals surface area contributed by atoms with Crippen molar-refractivity contribution < 1.29 is 9.59 Å². The third-order valence-corrected chi connectivity index (χ3v) is 2.03. The van der Waals surface area contributed by atoms with Crippen LogP contribution in [-0.4, -0.2) is 36.5 Å². The molecule has 2 atom stereocenters. The van der Waals surface area contributed by atoms with Crippen LogP contribution in [0.3, 0.4) is 0 Å². The largest absolute Gasteiger partial charge is 0.358 e. The molecule has 0 spiro atoms. The molecule has 0 aromatic carbocycles. The minimum absolute atomic E-state index is 0.108. The predicted octanol–water partition coefficient (Wildman–Crippen LogP) is 0.0137. The van der Waals surface area contributed by atoms with Crippen LogP contribution >= 0.6 is 0 Å². The van der Waals surface area contributed by atoms with Crippen LogP contribution in [0.25, 0.3) is 0 Å². The molecule has 16 heavy (non-hydrogen) atoms. The van der Waals surface area contributed by atoms with Crippen molar-refractivity contribution >= 4 is 11.8 Å². The fourth-order valence-electron chi connectivity index (χ4n) is 1.22. The van der Waals surface area contributed by atoms with Crippen molar-refractivity contribution in [2.75, 3.05) is 7.05 Å². The Hall–Kier alpha value is -1.10. The Morgan fingerprint density at radius 1 is 1.00 bits per heavy atom. The van der Waals surface area contributed by atoms with E-state index in [1.807, 2.05) is 20.8 Å². The van der Waals surface area contributed by atoms with Crippen LogP contribution in [0.15, 0.2) is 0 Å². The molecule has 0 radical (unpaired) electrons. The average molecular weight is 229 g/mol. The molecule has 0 aliphatic carbocycles. The van der Waals surface area contributed by atoms with Crippen molar-refractivity contribution in [1.29, 1.82) is 0 Å². The van der Waals surface area contributed by atoms with E-state index in [1.54, 1.807) is 20.9 Å². The van der Waals surface area contributed by atoms with Crippen LogP contribution in [0.5, 0.6) is 0 Å². The van der Waals surface area contributed by atoms with Crippen LogP contribution < -0.4 is 16.0 Å². The lowest BCUT2D eigenvalue weighted by atomic mass is 10.1. The molecule has 0 saturated heterocycles. The van der Waals surface area contributed by atoms with E-state index < -0.39 is 6.04 Å². The zero-order valence-corrected chi connectivity index (χ0v) is 11.0. The lowest BCUT2D eigenvalue weighted by molar-refractivity contribution is -0.125. The molecule has 2 unspecified atom stereocenters. The van der Waals surface area contributed by atoms with E-state index in [0.29, 0.717) is 0 Å². The van der Waals surface area contributed by atoms with Gasteiger partial charge >= 0.3 is 0 Å². The zero-order valence-electron chi connectivity index (χ0n) is 11.0. The summed E-state index contributed by atoms with van der Waals surface area (Å²) >= 11 is 0. The summed E-state index contributed by atoms with van der Waals surface area (Å²) < 4.78 is 0. The van der Waals surface area contributed by atoms with E-state index >= 15 is 0 Å². The van der Waals surface area contributed by atoms with Crippen molar-refractivity contribution in [3.63, 3.8) is 0 Å². The van der Waals surface area contributed by atoms with Gasteiger partial charge in [-0.3, -0.25) is 14.9 Å². The lowest BCUT2D eigenvalue weighted by Crippen LogP contribution is -2.53. The fraction of sp³-hybridized carbons (Fsp3) is 0.818. The Labute approximate surface area is 97.4 Å². The van der Waals surface area contributed by atoms with Gasteiger partial charge in [0.2, 0.25) is 11.8 Å². The maximum Gasteiger partial charge on any atom is 0.237 e. The van der Waals surface area contributed by atoms with Crippen LogP contribution in [0, 0.1) is 0 Å². The highest BCUT2D eigenvalue weighted by molar-refractivity contribution is 5.85. The third-order valence-electron chi connectivity index (χ3n) is 2.03. The summed E-state index contributed by atoms with van der Waals surface area (Å²) in [4.78, 5) is 22.9. The maximum absolute atomic E-state index is 11.7. The molecule has 2 amide bonds. The number of likely N-dealkylation sites (N-methyl/N-ethyl adjacent to an activating group) is 1. The Balaban J connectivity index is 4.21. The van der Waals surface area contributed by atoms with Crippen LogP contribution in [0.2, 0.25) is 0 Å². The van der Waals surface area contributed by atoms with Gasteiger partial charge in [-0.15, -0.1) is 0 Å². The van der Waals surface area contributed by atoms with Crippen molar-refractivity contribution in [2.45, 2.75) is 52.2 Å². The number of hydrogen-bond donors (Lipinski definition) is 3. The quantitative estimate of drug-likeness (QED) is 0.636. The minimum Gasteiger partial charge on any atom is -0.358 e. The highest BCUT2D eigenvalue weighted by Crippen LogP contribution is 1.99. The Kier molecular flexibility index (Phi) is 5.44. The molecular weight excluding hydrogens is 206 g/mol. The number of carbonyl (C=O) groups excluding carboxylic acids is 2. The molecule has 3 N–H and O–H groups in total. The van der Waals surface area contributed by atoms with Crippen molar-refractivity contribution in [3.8, 4) is 0 Å². The molecule has 0 saturated carbocycles. The molecule has 0 aliphatic rings. The Morgan fingerprint density at radius 2 is 1.44 bits per heavy atom.